The van der Waals surface area contributed by atoms with E-state index in [1.165, 1.54) is 6.42 Å². The number of nitrogens with zero attached hydrogens (tertiary/aromatic N) is 1. The van der Waals surface area contributed by atoms with E-state index in [2.05, 4.69) is 11.8 Å². The number of benzene rings is 1. The summed E-state index contributed by atoms with van der Waals surface area (Å²) >= 11 is 12.2. The zero-order valence-corrected chi connectivity index (χ0v) is 13.4. The smallest absolute Gasteiger partial charge is 0.0702 e. The summed E-state index contributed by atoms with van der Waals surface area (Å²) in [5.74, 6) is 0. The molecule has 0 aromatic heterocycles. The van der Waals surface area contributed by atoms with Crippen LogP contribution < -0.4 is 5.73 Å². The van der Waals surface area contributed by atoms with Crippen LogP contribution in [0.5, 0.6) is 0 Å². The quantitative estimate of drug-likeness (QED) is 0.835. The number of halogens is 2. The molecule has 20 heavy (non-hydrogen) atoms. The van der Waals surface area contributed by atoms with E-state index in [0.29, 0.717) is 21.8 Å². The van der Waals surface area contributed by atoms with Crippen molar-refractivity contribution in [2.24, 2.45) is 0 Å². The van der Waals surface area contributed by atoms with Gasteiger partial charge in [-0.25, -0.2) is 0 Å². The second-order valence-corrected chi connectivity index (χ2v) is 6.16. The SMILES string of the molecule is CCCOC1CCCN(Cc2cc(Cl)c(N)c(Cl)c2)C1. The molecule has 2 rings (SSSR count). The highest BCUT2D eigenvalue weighted by Gasteiger charge is 2.20. The fourth-order valence-corrected chi connectivity index (χ4v) is 3.10. The molecule has 1 fully saturated rings. The number of ether oxygens (including phenoxy) is 1. The van der Waals surface area contributed by atoms with Crippen LogP contribution >= 0.6 is 23.2 Å². The van der Waals surface area contributed by atoms with Crippen LogP contribution in [0.25, 0.3) is 0 Å². The molecular weight excluding hydrogens is 295 g/mol. The first kappa shape index (κ1) is 15.9. The monoisotopic (exact) mass is 316 g/mol. The standard InChI is InChI=1S/C15H22Cl2N2O/c1-2-6-20-12-4-3-5-19(10-12)9-11-7-13(16)15(18)14(17)8-11/h7-8,12H,2-6,9-10,18H2,1H3. The lowest BCUT2D eigenvalue weighted by Gasteiger charge is -2.32. The van der Waals surface area contributed by atoms with E-state index in [1.807, 2.05) is 12.1 Å². The van der Waals surface area contributed by atoms with Crippen molar-refractivity contribution in [2.75, 3.05) is 25.4 Å². The third kappa shape index (κ3) is 4.26. The molecule has 1 aromatic rings. The minimum absolute atomic E-state index is 0.350. The Hall–Kier alpha value is -0.480. The van der Waals surface area contributed by atoms with Crippen molar-refractivity contribution >= 4 is 28.9 Å². The first-order valence-corrected chi connectivity index (χ1v) is 7.93. The van der Waals surface area contributed by atoms with Crippen molar-refractivity contribution in [1.82, 2.24) is 4.90 Å². The van der Waals surface area contributed by atoms with Gasteiger partial charge in [0.25, 0.3) is 0 Å². The Labute approximate surface area is 131 Å². The highest BCUT2D eigenvalue weighted by atomic mass is 35.5. The van der Waals surface area contributed by atoms with Crippen LogP contribution in [0.1, 0.15) is 31.7 Å². The van der Waals surface area contributed by atoms with Crippen molar-refractivity contribution in [3.63, 3.8) is 0 Å². The van der Waals surface area contributed by atoms with Gasteiger partial charge in [0.1, 0.15) is 0 Å². The molecule has 1 atom stereocenters. The molecule has 1 aliphatic heterocycles. The van der Waals surface area contributed by atoms with Gasteiger partial charge >= 0.3 is 0 Å². The summed E-state index contributed by atoms with van der Waals surface area (Å²) in [6.45, 7) is 5.88. The normalized spacial score (nSPS) is 20.2. The summed E-state index contributed by atoms with van der Waals surface area (Å²) in [7, 11) is 0. The molecule has 1 aromatic carbocycles. The molecule has 0 saturated carbocycles. The summed E-state index contributed by atoms with van der Waals surface area (Å²) in [4.78, 5) is 2.39. The van der Waals surface area contributed by atoms with Crippen LogP contribution in [-0.2, 0) is 11.3 Å². The van der Waals surface area contributed by atoms with Gasteiger partial charge in [0, 0.05) is 19.7 Å². The fraction of sp³-hybridized carbons (Fsp3) is 0.600. The third-order valence-electron chi connectivity index (χ3n) is 3.56. The maximum Gasteiger partial charge on any atom is 0.0702 e. The molecule has 0 aliphatic carbocycles. The Bertz CT molecular complexity index is 430. The second-order valence-electron chi connectivity index (χ2n) is 5.34. The number of piperidine rings is 1. The summed E-state index contributed by atoms with van der Waals surface area (Å²) in [5, 5.41) is 1.06. The van der Waals surface area contributed by atoms with E-state index in [0.717, 1.165) is 44.6 Å². The van der Waals surface area contributed by atoms with E-state index >= 15 is 0 Å². The van der Waals surface area contributed by atoms with Gasteiger partial charge in [0.05, 0.1) is 21.8 Å². The first-order chi connectivity index (χ1) is 9.60. The van der Waals surface area contributed by atoms with Crippen molar-refractivity contribution in [3.05, 3.63) is 27.7 Å². The lowest BCUT2D eigenvalue weighted by molar-refractivity contribution is -0.00222. The largest absolute Gasteiger partial charge is 0.396 e. The third-order valence-corrected chi connectivity index (χ3v) is 4.19. The van der Waals surface area contributed by atoms with Gasteiger partial charge in [-0.15, -0.1) is 0 Å². The topological polar surface area (TPSA) is 38.5 Å². The molecule has 0 spiro atoms. The predicted molar refractivity (Wildman–Crippen MR) is 85.4 cm³/mol. The Kier molecular flexibility index (Phi) is 5.97. The van der Waals surface area contributed by atoms with Crippen LogP contribution in [-0.4, -0.2) is 30.7 Å². The molecule has 1 aliphatic rings. The van der Waals surface area contributed by atoms with Gasteiger partial charge in [-0.3, -0.25) is 4.90 Å². The average molecular weight is 317 g/mol. The lowest BCUT2D eigenvalue weighted by atomic mass is 10.1. The first-order valence-electron chi connectivity index (χ1n) is 7.17. The summed E-state index contributed by atoms with van der Waals surface area (Å²) in [6.07, 6.45) is 3.74. The van der Waals surface area contributed by atoms with Gasteiger partial charge < -0.3 is 10.5 Å². The molecule has 1 saturated heterocycles. The van der Waals surface area contributed by atoms with Crippen LogP contribution in [0, 0.1) is 0 Å². The number of hydrogen-bond donors (Lipinski definition) is 1. The molecule has 3 nitrogen and oxygen atoms in total. The number of anilines is 1. The highest BCUT2D eigenvalue weighted by molar-refractivity contribution is 6.38. The molecule has 112 valence electrons. The Morgan fingerprint density at radius 3 is 2.70 bits per heavy atom. The number of nitrogen functional groups attached to an aromatic ring is 1. The van der Waals surface area contributed by atoms with Crippen LogP contribution in [0.15, 0.2) is 12.1 Å². The number of likely N-dealkylation sites (tertiary alicyclic amines) is 1. The van der Waals surface area contributed by atoms with Crippen molar-refractivity contribution in [3.8, 4) is 0 Å². The lowest BCUT2D eigenvalue weighted by Crippen LogP contribution is -2.39. The fourth-order valence-electron chi connectivity index (χ4n) is 2.56. The van der Waals surface area contributed by atoms with Crippen molar-refractivity contribution in [1.29, 1.82) is 0 Å². The molecule has 1 unspecified atom stereocenters. The Balaban J connectivity index is 1.95. The summed E-state index contributed by atoms with van der Waals surface area (Å²) < 4.78 is 5.85. The van der Waals surface area contributed by atoms with Crippen LogP contribution in [0.4, 0.5) is 5.69 Å². The van der Waals surface area contributed by atoms with Crippen molar-refractivity contribution in [2.45, 2.75) is 38.8 Å². The molecule has 1 heterocycles. The minimum Gasteiger partial charge on any atom is -0.396 e. The molecular formula is C15H22Cl2N2O. The van der Waals surface area contributed by atoms with Gasteiger partial charge in [0.2, 0.25) is 0 Å². The van der Waals surface area contributed by atoms with Gasteiger partial charge in [0.15, 0.2) is 0 Å². The maximum atomic E-state index is 6.08. The van der Waals surface area contributed by atoms with E-state index in [-0.39, 0.29) is 0 Å². The zero-order chi connectivity index (χ0) is 14.5. The molecule has 0 bridgehead atoms. The van der Waals surface area contributed by atoms with E-state index in [9.17, 15) is 0 Å². The zero-order valence-electron chi connectivity index (χ0n) is 11.9. The summed E-state index contributed by atoms with van der Waals surface area (Å²) in [6, 6.07) is 3.80. The van der Waals surface area contributed by atoms with Gasteiger partial charge in [-0.05, 0) is 43.5 Å². The minimum atomic E-state index is 0.350. The van der Waals surface area contributed by atoms with Gasteiger partial charge in [-0.2, -0.15) is 0 Å². The average Bonchev–Trinajstić information content (AvgIpc) is 2.43. The molecule has 0 amide bonds. The number of nitrogens with two attached hydrogens (primary N) is 1. The van der Waals surface area contributed by atoms with E-state index in [4.69, 9.17) is 33.7 Å². The van der Waals surface area contributed by atoms with E-state index in [1.54, 1.807) is 0 Å². The molecule has 5 heteroatoms. The van der Waals surface area contributed by atoms with Crippen LogP contribution in [0.2, 0.25) is 10.0 Å². The maximum absolute atomic E-state index is 6.08. The predicted octanol–water partition coefficient (Wildman–Crippen LogP) is 3.97. The number of hydrogen-bond acceptors (Lipinski definition) is 3. The summed E-state index contributed by atoms with van der Waals surface area (Å²) in [5.41, 5.74) is 7.32. The molecule has 2 N–H and O–H groups in total. The second kappa shape index (κ2) is 7.51. The Morgan fingerprint density at radius 1 is 1.35 bits per heavy atom. The highest BCUT2D eigenvalue weighted by Crippen LogP contribution is 2.29. The van der Waals surface area contributed by atoms with E-state index < -0.39 is 0 Å². The number of rotatable bonds is 5. The van der Waals surface area contributed by atoms with Crippen molar-refractivity contribution < 1.29 is 4.74 Å². The van der Waals surface area contributed by atoms with Crippen LogP contribution in [0.3, 0.4) is 0 Å². The Morgan fingerprint density at radius 2 is 2.05 bits per heavy atom. The molecule has 0 radical (unpaired) electrons. The van der Waals surface area contributed by atoms with Gasteiger partial charge in [-0.1, -0.05) is 30.1 Å².